The van der Waals surface area contributed by atoms with E-state index in [1.54, 1.807) is 13.1 Å². The SMILES string of the molecule is CNc1cc(Cl)nc(Cl)c1Cl. The van der Waals surface area contributed by atoms with Crippen molar-refractivity contribution in [2.75, 3.05) is 12.4 Å². The molecule has 1 heterocycles. The maximum absolute atomic E-state index is 5.75. The number of nitrogens with zero attached hydrogens (tertiary/aromatic N) is 1. The highest BCUT2D eigenvalue weighted by Crippen LogP contribution is 2.30. The summed E-state index contributed by atoms with van der Waals surface area (Å²) in [5, 5.41) is 3.76. The molecule has 0 saturated heterocycles. The molecule has 0 amide bonds. The molecular weight excluding hydrogens is 206 g/mol. The van der Waals surface area contributed by atoms with Crippen LogP contribution >= 0.6 is 34.8 Å². The number of hydrogen-bond donors (Lipinski definition) is 1. The van der Waals surface area contributed by atoms with E-state index in [9.17, 15) is 0 Å². The first-order valence-corrected chi connectivity index (χ1v) is 3.98. The largest absolute Gasteiger partial charge is 0.387 e. The van der Waals surface area contributed by atoms with Crippen LogP contribution in [0.3, 0.4) is 0 Å². The molecule has 11 heavy (non-hydrogen) atoms. The van der Waals surface area contributed by atoms with Crippen LogP contribution in [0.4, 0.5) is 5.69 Å². The fourth-order valence-corrected chi connectivity index (χ4v) is 1.27. The van der Waals surface area contributed by atoms with Crippen molar-refractivity contribution >= 4 is 40.5 Å². The van der Waals surface area contributed by atoms with Crippen molar-refractivity contribution in [2.45, 2.75) is 0 Å². The van der Waals surface area contributed by atoms with E-state index in [-0.39, 0.29) is 5.15 Å². The topological polar surface area (TPSA) is 24.9 Å². The quantitative estimate of drug-likeness (QED) is 0.722. The van der Waals surface area contributed by atoms with Crippen LogP contribution in [-0.4, -0.2) is 12.0 Å². The van der Waals surface area contributed by atoms with E-state index in [1.807, 2.05) is 0 Å². The molecule has 0 aliphatic rings. The Kier molecular flexibility index (Phi) is 2.82. The molecule has 0 bridgehead atoms. The van der Waals surface area contributed by atoms with Gasteiger partial charge in [0.1, 0.15) is 10.2 Å². The highest BCUT2D eigenvalue weighted by atomic mass is 35.5. The third-order valence-electron chi connectivity index (χ3n) is 1.16. The molecule has 0 spiro atoms. The van der Waals surface area contributed by atoms with Gasteiger partial charge in [-0.05, 0) is 0 Å². The maximum atomic E-state index is 5.75. The summed E-state index contributed by atoms with van der Waals surface area (Å²) in [6.07, 6.45) is 0. The zero-order valence-corrected chi connectivity index (χ0v) is 7.93. The highest BCUT2D eigenvalue weighted by Gasteiger charge is 2.05. The van der Waals surface area contributed by atoms with E-state index in [2.05, 4.69) is 10.3 Å². The van der Waals surface area contributed by atoms with Gasteiger partial charge in [-0.3, -0.25) is 0 Å². The van der Waals surface area contributed by atoms with E-state index < -0.39 is 0 Å². The predicted molar refractivity (Wildman–Crippen MR) is 48.8 cm³/mol. The third kappa shape index (κ3) is 1.89. The van der Waals surface area contributed by atoms with Crippen LogP contribution < -0.4 is 5.32 Å². The number of anilines is 1. The molecule has 0 atom stereocenters. The zero-order valence-electron chi connectivity index (χ0n) is 5.66. The standard InChI is InChI=1S/C6H5Cl3N2/c1-10-3-2-4(7)11-6(9)5(3)8/h2H,1H3,(H,10,11). The second kappa shape index (κ2) is 3.48. The summed E-state index contributed by atoms with van der Waals surface area (Å²) in [5.74, 6) is 0. The Labute approximate surface area is 79.5 Å². The summed E-state index contributed by atoms with van der Waals surface area (Å²) in [5.41, 5.74) is 0.677. The Balaban J connectivity index is 3.24. The van der Waals surface area contributed by atoms with E-state index in [0.717, 1.165) is 0 Å². The van der Waals surface area contributed by atoms with E-state index in [0.29, 0.717) is 15.9 Å². The first-order valence-electron chi connectivity index (χ1n) is 2.84. The lowest BCUT2D eigenvalue weighted by molar-refractivity contribution is 1.32. The van der Waals surface area contributed by atoms with Crippen molar-refractivity contribution in [3.05, 3.63) is 21.4 Å². The molecule has 1 rings (SSSR count). The maximum Gasteiger partial charge on any atom is 0.151 e. The van der Waals surface area contributed by atoms with Gasteiger partial charge in [0, 0.05) is 13.1 Å². The van der Waals surface area contributed by atoms with Crippen LogP contribution in [0.1, 0.15) is 0 Å². The number of halogens is 3. The van der Waals surface area contributed by atoms with Crippen molar-refractivity contribution in [2.24, 2.45) is 0 Å². The molecule has 1 aromatic rings. The fraction of sp³-hybridized carbons (Fsp3) is 0.167. The summed E-state index contributed by atoms with van der Waals surface area (Å²) in [4.78, 5) is 3.74. The lowest BCUT2D eigenvalue weighted by atomic mass is 10.4. The van der Waals surface area contributed by atoms with Gasteiger partial charge >= 0.3 is 0 Å². The van der Waals surface area contributed by atoms with Gasteiger partial charge in [-0.15, -0.1) is 0 Å². The van der Waals surface area contributed by atoms with Crippen molar-refractivity contribution < 1.29 is 0 Å². The van der Waals surface area contributed by atoms with Crippen molar-refractivity contribution in [3.63, 3.8) is 0 Å². The molecule has 5 heteroatoms. The van der Waals surface area contributed by atoms with Crippen molar-refractivity contribution in [3.8, 4) is 0 Å². The van der Waals surface area contributed by atoms with Crippen LogP contribution in [0.5, 0.6) is 0 Å². The Morgan fingerprint density at radius 3 is 2.55 bits per heavy atom. The van der Waals surface area contributed by atoms with Crippen LogP contribution in [-0.2, 0) is 0 Å². The first kappa shape index (κ1) is 8.91. The predicted octanol–water partition coefficient (Wildman–Crippen LogP) is 3.08. The minimum absolute atomic E-state index is 0.212. The van der Waals surface area contributed by atoms with Crippen molar-refractivity contribution in [1.29, 1.82) is 0 Å². The number of hydrogen-bond acceptors (Lipinski definition) is 2. The molecule has 1 aromatic heterocycles. The minimum atomic E-state index is 0.212. The lowest BCUT2D eigenvalue weighted by Crippen LogP contribution is -1.91. The van der Waals surface area contributed by atoms with Gasteiger partial charge in [-0.2, -0.15) is 0 Å². The minimum Gasteiger partial charge on any atom is -0.387 e. The Hall–Kier alpha value is -0.180. The number of aromatic nitrogens is 1. The smallest absolute Gasteiger partial charge is 0.151 e. The average Bonchev–Trinajstić information content (AvgIpc) is 1.96. The molecule has 60 valence electrons. The molecule has 0 fully saturated rings. The molecule has 0 aromatic carbocycles. The molecule has 0 radical (unpaired) electrons. The Bertz CT molecular complexity index is 275. The Morgan fingerprint density at radius 2 is 2.00 bits per heavy atom. The molecule has 0 aliphatic carbocycles. The molecule has 0 aliphatic heterocycles. The first-order chi connectivity index (χ1) is 5.15. The monoisotopic (exact) mass is 210 g/mol. The van der Waals surface area contributed by atoms with E-state index in [1.165, 1.54) is 0 Å². The summed E-state index contributed by atoms with van der Waals surface area (Å²) >= 11 is 17.0. The van der Waals surface area contributed by atoms with Crippen LogP contribution in [0.25, 0.3) is 0 Å². The Morgan fingerprint density at radius 1 is 1.36 bits per heavy atom. The number of rotatable bonds is 1. The second-order valence-electron chi connectivity index (χ2n) is 1.85. The van der Waals surface area contributed by atoms with E-state index >= 15 is 0 Å². The zero-order chi connectivity index (χ0) is 8.43. The second-order valence-corrected chi connectivity index (χ2v) is 2.97. The van der Waals surface area contributed by atoms with Gasteiger partial charge in [0.2, 0.25) is 0 Å². The summed E-state index contributed by atoms with van der Waals surface area (Å²) in [6, 6.07) is 1.61. The molecule has 0 unspecified atom stereocenters. The molecule has 0 saturated carbocycles. The fourth-order valence-electron chi connectivity index (χ4n) is 0.651. The molecule has 1 N–H and O–H groups in total. The van der Waals surface area contributed by atoms with Gasteiger partial charge in [0.25, 0.3) is 0 Å². The third-order valence-corrected chi connectivity index (χ3v) is 2.10. The number of pyridine rings is 1. The van der Waals surface area contributed by atoms with Gasteiger partial charge in [0.05, 0.1) is 5.69 Å². The van der Waals surface area contributed by atoms with Crippen molar-refractivity contribution in [1.82, 2.24) is 4.98 Å². The lowest BCUT2D eigenvalue weighted by Gasteiger charge is -2.03. The highest BCUT2D eigenvalue weighted by molar-refractivity contribution is 6.43. The van der Waals surface area contributed by atoms with Crippen LogP contribution in [0.15, 0.2) is 6.07 Å². The summed E-state index contributed by atoms with van der Waals surface area (Å²) < 4.78 is 0. The van der Waals surface area contributed by atoms with Gasteiger partial charge in [-0.25, -0.2) is 4.98 Å². The van der Waals surface area contributed by atoms with Gasteiger partial charge in [-0.1, -0.05) is 34.8 Å². The normalized spacial score (nSPS) is 9.82. The molecular formula is C6H5Cl3N2. The summed E-state index contributed by atoms with van der Waals surface area (Å²) in [7, 11) is 1.73. The van der Waals surface area contributed by atoms with Crippen LogP contribution in [0, 0.1) is 0 Å². The van der Waals surface area contributed by atoms with Gasteiger partial charge < -0.3 is 5.32 Å². The van der Waals surface area contributed by atoms with E-state index in [4.69, 9.17) is 34.8 Å². The van der Waals surface area contributed by atoms with Crippen LogP contribution in [0.2, 0.25) is 15.3 Å². The number of nitrogens with one attached hydrogen (secondary N) is 1. The van der Waals surface area contributed by atoms with Gasteiger partial charge in [0.15, 0.2) is 5.15 Å². The molecule has 2 nitrogen and oxygen atoms in total. The summed E-state index contributed by atoms with van der Waals surface area (Å²) in [6.45, 7) is 0. The average molecular weight is 211 g/mol.